The number of rotatable bonds is 7. The molecule has 3 rings (SSSR count). The van der Waals surface area contributed by atoms with Gasteiger partial charge in [0.1, 0.15) is 10.8 Å². The lowest BCUT2D eigenvalue weighted by atomic mass is 9.95. The molecular formula is C21H24ClN3O4. The largest absolute Gasteiger partial charge is 0.494 e. The number of benzene rings is 2. The Morgan fingerprint density at radius 1 is 1.28 bits per heavy atom. The molecule has 0 radical (unpaired) electrons. The average molecular weight is 418 g/mol. The summed E-state index contributed by atoms with van der Waals surface area (Å²) in [5.74, 6) is -0.00711. The number of piperidine rings is 1. The maximum Gasteiger partial charge on any atom is 0.291 e. The summed E-state index contributed by atoms with van der Waals surface area (Å²) in [6, 6.07) is 13.0. The van der Waals surface area contributed by atoms with Crippen LogP contribution in [0.4, 0.5) is 11.4 Å². The number of nitrogens with zero attached hydrogens (tertiary/aromatic N) is 2. The maximum absolute atomic E-state index is 12.7. The molecular weight excluding hydrogens is 394 g/mol. The number of nitrogens with one attached hydrogen (secondary N) is 1. The summed E-state index contributed by atoms with van der Waals surface area (Å²) >= 11 is 5.97. The molecule has 0 atom stereocenters. The van der Waals surface area contributed by atoms with Crippen molar-refractivity contribution < 1.29 is 14.5 Å². The van der Waals surface area contributed by atoms with Crippen LogP contribution in [0.15, 0.2) is 42.5 Å². The second-order valence-electron chi connectivity index (χ2n) is 7.10. The number of hydrogen-bond donors (Lipinski definition) is 1. The van der Waals surface area contributed by atoms with Gasteiger partial charge in [-0.15, -0.1) is 0 Å². The van der Waals surface area contributed by atoms with Crippen LogP contribution in [0.3, 0.4) is 0 Å². The van der Waals surface area contributed by atoms with Gasteiger partial charge in [0.2, 0.25) is 5.91 Å². The quantitative estimate of drug-likeness (QED) is 0.540. The van der Waals surface area contributed by atoms with E-state index in [4.69, 9.17) is 16.3 Å². The van der Waals surface area contributed by atoms with Gasteiger partial charge < -0.3 is 15.0 Å². The summed E-state index contributed by atoms with van der Waals surface area (Å²) in [4.78, 5) is 25.5. The number of methoxy groups -OCH3 is 1. The van der Waals surface area contributed by atoms with Crippen LogP contribution >= 0.6 is 11.6 Å². The summed E-state index contributed by atoms with van der Waals surface area (Å²) in [7, 11) is 1.40. The van der Waals surface area contributed by atoms with E-state index in [1.165, 1.54) is 24.8 Å². The number of anilines is 1. The van der Waals surface area contributed by atoms with Gasteiger partial charge in [0, 0.05) is 12.5 Å². The van der Waals surface area contributed by atoms with Gasteiger partial charge in [-0.2, -0.15) is 0 Å². The highest BCUT2D eigenvalue weighted by Crippen LogP contribution is 2.36. The Bertz CT molecular complexity index is 868. The molecule has 1 fully saturated rings. The Kier molecular flexibility index (Phi) is 7.06. The number of halogens is 1. The number of carbonyl (C=O) groups excluding carboxylic acids is 1. The summed E-state index contributed by atoms with van der Waals surface area (Å²) in [6.07, 6.45) is 2.53. The zero-order valence-corrected chi connectivity index (χ0v) is 17.0. The van der Waals surface area contributed by atoms with Crippen LogP contribution in [0.5, 0.6) is 5.75 Å². The first-order chi connectivity index (χ1) is 14.0. The second kappa shape index (κ2) is 9.71. The molecule has 1 heterocycles. The topological polar surface area (TPSA) is 84.7 Å². The van der Waals surface area contributed by atoms with Crippen molar-refractivity contribution in [1.82, 2.24) is 4.90 Å². The number of hydrogen-bond acceptors (Lipinski definition) is 5. The molecule has 0 aliphatic carbocycles. The van der Waals surface area contributed by atoms with Crippen LogP contribution in [-0.4, -0.2) is 42.5 Å². The normalized spacial score (nSPS) is 15.1. The van der Waals surface area contributed by atoms with Crippen molar-refractivity contribution in [1.29, 1.82) is 0 Å². The van der Waals surface area contributed by atoms with E-state index in [0.29, 0.717) is 5.69 Å². The minimum atomic E-state index is -0.582. The zero-order valence-electron chi connectivity index (χ0n) is 16.3. The van der Waals surface area contributed by atoms with E-state index in [2.05, 4.69) is 22.3 Å². The van der Waals surface area contributed by atoms with E-state index < -0.39 is 4.92 Å². The number of nitro groups is 1. The minimum absolute atomic E-state index is 0.0400. The van der Waals surface area contributed by atoms with Crippen LogP contribution < -0.4 is 10.1 Å². The lowest BCUT2D eigenvalue weighted by Crippen LogP contribution is -2.39. The molecule has 0 aromatic heterocycles. The number of amides is 1. The van der Waals surface area contributed by atoms with Crippen molar-refractivity contribution >= 4 is 28.9 Å². The maximum atomic E-state index is 12.7. The van der Waals surface area contributed by atoms with Crippen molar-refractivity contribution in [3.8, 4) is 5.75 Å². The Morgan fingerprint density at radius 2 is 1.97 bits per heavy atom. The third-order valence-electron chi connectivity index (χ3n) is 5.24. The van der Waals surface area contributed by atoms with Crippen LogP contribution in [0.25, 0.3) is 0 Å². The van der Waals surface area contributed by atoms with Crippen LogP contribution in [-0.2, 0) is 11.2 Å². The van der Waals surface area contributed by atoms with E-state index in [1.807, 2.05) is 18.2 Å². The highest BCUT2D eigenvalue weighted by molar-refractivity contribution is 6.33. The number of carbonyl (C=O) groups is 1. The molecule has 154 valence electrons. The third-order valence-corrected chi connectivity index (χ3v) is 5.54. The summed E-state index contributed by atoms with van der Waals surface area (Å²) in [5.41, 5.74) is 1.40. The smallest absolute Gasteiger partial charge is 0.291 e. The van der Waals surface area contributed by atoms with Crippen LogP contribution in [0, 0.1) is 16.0 Å². The first-order valence-corrected chi connectivity index (χ1v) is 9.94. The molecule has 0 spiro atoms. The van der Waals surface area contributed by atoms with Gasteiger partial charge in [-0.3, -0.25) is 14.9 Å². The zero-order chi connectivity index (χ0) is 20.8. The van der Waals surface area contributed by atoms with Gasteiger partial charge >= 0.3 is 0 Å². The van der Waals surface area contributed by atoms with Crippen molar-refractivity contribution in [2.75, 3.05) is 32.1 Å². The molecule has 1 aliphatic rings. The number of nitro benzene ring substituents is 1. The standard InChI is InChI=1S/C21H24ClN3O4/c1-29-20-14-19(25(27)28)17(22)13-18(20)23-21(26)16-8-11-24(12-9-16)10-7-15-5-3-2-4-6-15/h2-6,13-14,16H,7-12H2,1H3,(H,23,26). The van der Waals surface area contributed by atoms with E-state index in [-0.39, 0.29) is 28.3 Å². The van der Waals surface area contributed by atoms with Crippen molar-refractivity contribution in [3.63, 3.8) is 0 Å². The third kappa shape index (κ3) is 5.46. The monoisotopic (exact) mass is 417 g/mol. The van der Waals surface area contributed by atoms with Gasteiger partial charge in [-0.25, -0.2) is 0 Å². The predicted octanol–water partition coefficient (Wildman–Crippen LogP) is 4.15. The first-order valence-electron chi connectivity index (χ1n) is 9.57. The molecule has 0 unspecified atom stereocenters. The molecule has 1 saturated heterocycles. The Morgan fingerprint density at radius 3 is 2.59 bits per heavy atom. The van der Waals surface area contributed by atoms with Crippen molar-refractivity contribution in [2.24, 2.45) is 5.92 Å². The number of ether oxygens (including phenoxy) is 1. The predicted molar refractivity (Wildman–Crippen MR) is 113 cm³/mol. The first kappa shape index (κ1) is 21.1. The fraction of sp³-hybridized carbons (Fsp3) is 0.381. The average Bonchev–Trinajstić information content (AvgIpc) is 2.73. The Balaban J connectivity index is 1.54. The van der Waals surface area contributed by atoms with Crippen LogP contribution in [0.2, 0.25) is 5.02 Å². The lowest BCUT2D eigenvalue weighted by Gasteiger charge is -2.31. The lowest BCUT2D eigenvalue weighted by molar-refractivity contribution is -0.384. The molecule has 7 nitrogen and oxygen atoms in total. The SMILES string of the molecule is COc1cc([N+](=O)[O-])c(Cl)cc1NC(=O)C1CCN(CCc2ccccc2)CC1. The second-order valence-corrected chi connectivity index (χ2v) is 7.51. The Hall–Kier alpha value is -2.64. The highest BCUT2D eigenvalue weighted by atomic mass is 35.5. The van der Waals surface area contributed by atoms with E-state index in [9.17, 15) is 14.9 Å². The van der Waals surface area contributed by atoms with E-state index in [0.717, 1.165) is 38.9 Å². The molecule has 1 N–H and O–H groups in total. The van der Waals surface area contributed by atoms with Gasteiger partial charge in [0.25, 0.3) is 5.69 Å². The molecule has 0 bridgehead atoms. The molecule has 8 heteroatoms. The van der Waals surface area contributed by atoms with Gasteiger partial charge in [0.15, 0.2) is 0 Å². The van der Waals surface area contributed by atoms with E-state index in [1.54, 1.807) is 0 Å². The summed E-state index contributed by atoms with van der Waals surface area (Å²) in [6.45, 7) is 2.70. The van der Waals surface area contributed by atoms with Gasteiger partial charge in [-0.1, -0.05) is 41.9 Å². The fourth-order valence-corrected chi connectivity index (χ4v) is 3.77. The molecule has 1 aliphatic heterocycles. The molecule has 29 heavy (non-hydrogen) atoms. The molecule has 0 saturated carbocycles. The Labute approximate surface area is 174 Å². The number of likely N-dealkylation sites (tertiary alicyclic amines) is 1. The summed E-state index contributed by atoms with van der Waals surface area (Å²) in [5, 5.41) is 13.8. The molecule has 2 aromatic rings. The molecule has 1 amide bonds. The fourth-order valence-electron chi connectivity index (χ4n) is 3.53. The highest BCUT2D eigenvalue weighted by Gasteiger charge is 2.26. The van der Waals surface area contributed by atoms with Gasteiger partial charge in [-0.05, 0) is 44.0 Å². The van der Waals surface area contributed by atoms with Gasteiger partial charge in [0.05, 0.1) is 23.8 Å². The van der Waals surface area contributed by atoms with Crippen LogP contribution in [0.1, 0.15) is 18.4 Å². The summed E-state index contributed by atoms with van der Waals surface area (Å²) < 4.78 is 5.18. The molecule has 2 aromatic carbocycles. The van der Waals surface area contributed by atoms with Crippen molar-refractivity contribution in [3.05, 3.63) is 63.2 Å². The minimum Gasteiger partial charge on any atom is -0.494 e. The van der Waals surface area contributed by atoms with E-state index >= 15 is 0 Å². The van der Waals surface area contributed by atoms with Crippen molar-refractivity contribution in [2.45, 2.75) is 19.3 Å².